The summed E-state index contributed by atoms with van der Waals surface area (Å²) >= 11 is 1.86. The van der Waals surface area contributed by atoms with Crippen LogP contribution in [-0.2, 0) is 0 Å². The van der Waals surface area contributed by atoms with Crippen molar-refractivity contribution in [1.29, 1.82) is 0 Å². The minimum absolute atomic E-state index is 0.678. The molecule has 1 heterocycles. The number of rotatable bonds is 9. The van der Waals surface area contributed by atoms with Crippen molar-refractivity contribution in [3.8, 4) is 16.2 Å². The van der Waals surface area contributed by atoms with Crippen molar-refractivity contribution in [2.45, 2.75) is 138 Å². The summed E-state index contributed by atoms with van der Waals surface area (Å²) in [4.78, 5) is 5.06. The van der Waals surface area contributed by atoms with Gasteiger partial charge in [0.1, 0.15) is 5.75 Å². The molecule has 9 rings (SSSR count). The minimum atomic E-state index is 0.678. The number of hydrogen-bond acceptors (Lipinski definition) is 3. The van der Waals surface area contributed by atoms with E-state index in [1.165, 1.54) is 140 Å². The molecule has 0 spiro atoms. The predicted molar refractivity (Wildman–Crippen MR) is 283 cm³/mol. The van der Waals surface area contributed by atoms with Crippen LogP contribution in [0.1, 0.15) is 159 Å². The first-order valence-corrected chi connectivity index (χ1v) is 25.3. The molecule has 2 aliphatic carbocycles. The lowest BCUT2D eigenvalue weighted by Gasteiger charge is -2.30. The average Bonchev–Trinajstić information content (AvgIpc) is 3.85. The normalized spacial score (nSPS) is 14.0. The number of benzene rings is 6. The molecule has 0 unspecified atom stereocenters. The molecule has 0 saturated heterocycles. The van der Waals surface area contributed by atoms with Crippen LogP contribution in [0.15, 0.2) is 127 Å². The molecule has 3 heteroatoms. The maximum atomic E-state index is 5.44. The van der Waals surface area contributed by atoms with Gasteiger partial charge in [-0.25, -0.2) is 0 Å². The van der Waals surface area contributed by atoms with Gasteiger partial charge in [0.2, 0.25) is 0 Å². The molecular formula is C60H75NOS. The van der Waals surface area contributed by atoms with E-state index in [4.69, 9.17) is 4.74 Å². The number of anilines is 3. The summed E-state index contributed by atoms with van der Waals surface area (Å²) in [6.45, 7) is 18.1. The number of ether oxygens (including phenoxy) is 1. The summed E-state index contributed by atoms with van der Waals surface area (Å²) in [6.07, 6.45) is 17.9. The molecule has 0 amide bonds. The molecule has 7 aromatic rings. The van der Waals surface area contributed by atoms with Crippen LogP contribution in [0.25, 0.3) is 44.1 Å². The van der Waals surface area contributed by atoms with Gasteiger partial charge in [-0.15, -0.1) is 11.3 Å². The first kappa shape index (κ1) is 48.9. The summed E-state index contributed by atoms with van der Waals surface area (Å²) in [5.41, 5.74) is 10.4. The fraction of sp³-hybridized carbons (Fsp3) is 0.367. The molecule has 63 heavy (non-hydrogen) atoms. The molecule has 1 aromatic heterocycles. The van der Waals surface area contributed by atoms with E-state index >= 15 is 0 Å². The summed E-state index contributed by atoms with van der Waals surface area (Å²) in [6, 6.07) is 48.2. The maximum absolute atomic E-state index is 5.44. The van der Waals surface area contributed by atoms with E-state index in [0.29, 0.717) is 11.8 Å². The Hall–Kier alpha value is -5.12. The second-order valence-electron chi connectivity index (χ2n) is 15.8. The van der Waals surface area contributed by atoms with Crippen LogP contribution >= 0.6 is 11.3 Å². The molecule has 0 N–H and O–H groups in total. The molecule has 2 saturated carbocycles. The largest absolute Gasteiger partial charge is 0.497 e. The van der Waals surface area contributed by atoms with Gasteiger partial charge in [-0.1, -0.05) is 179 Å². The van der Waals surface area contributed by atoms with Crippen molar-refractivity contribution >= 4 is 62.1 Å². The molecule has 0 bridgehead atoms. The molecule has 0 aliphatic heterocycles. The van der Waals surface area contributed by atoms with Crippen LogP contribution in [0.5, 0.6) is 5.75 Å². The van der Waals surface area contributed by atoms with Gasteiger partial charge in [-0.05, 0) is 132 Å². The van der Waals surface area contributed by atoms with Crippen LogP contribution < -0.4 is 9.64 Å². The average molecular weight is 858 g/mol. The van der Waals surface area contributed by atoms with Crippen molar-refractivity contribution in [2.75, 3.05) is 12.0 Å². The molecule has 6 aromatic carbocycles. The van der Waals surface area contributed by atoms with Gasteiger partial charge < -0.3 is 9.64 Å². The summed E-state index contributed by atoms with van der Waals surface area (Å²) in [5, 5.41) is 5.09. The van der Waals surface area contributed by atoms with Crippen LogP contribution in [0.2, 0.25) is 0 Å². The van der Waals surface area contributed by atoms with Crippen LogP contribution in [0.4, 0.5) is 17.1 Å². The Labute approximate surface area is 386 Å². The lowest BCUT2D eigenvalue weighted by molar-refractivity contribution is 0.414. The zero-order valence-corrected chi connectivity index (χ0v) is 41.1. The van der Waals surface area contributed by atoms with E-state index in [-0.39, 0.29) is 0 Å². The van der Waals surface area contributed by atoms with E-state index in [2.05, 4.69) is 145 Å². The standard InChI is InChI=1S/C52H51NOS.4C2H6/c1-36-35-44(54-2)31-25-37(36)26-32-45-33-34-50(55-45)51-46-17-9-11-19-48(46)52(49-20-12-10-18-47(49)51)53(42-27-21-40(22-28-42)38-13-5-3-6-14-38)43-29-23-41(24-30-43)39-15-7-4-8-16-39;4*1-2/h9-12,17-35,38-39H,3-8,13-16H2,1-2H3;4*1-2H3/b32-26+;;;;. The monoisotopic (exact) mass is 858 g/mol. The quantitative estimate of drug-likeness (QED) is 0.134. The Balaban J connectivity index is 0.000000887. The Morgan fingerprint density at radius 3 is 1.41 bits per heavy atom. The van der Waals surface area contributed by atoms with Crippen molar-refractivity contribution in [3.63, 3.8) is 0 Å². The fourth-order valence-corrected chi connectivity index (χ4v) is 10.4. The smallest absolute Gasteiger partial charge is 0.119 e. The van der Waals surface area contributed by atoms with Gasteiger partial charge in [0.05, 0.1) is 12.8 Å². The van der Waals surface area contributed by atoms with Crippen molar-refractivity contribution in [2.24, 2.45) is 0 Å². The third-order valence-electron chi connectivity index (χ3n) is 12.4. The van der Waals surface area contributed by atoms with Crippen LogP contribution in [0, 0.1) is 6.92 Å². The molecule has 2 fully saturated rings. The SMILES string of the molecule is CC.CC.CC.CC.COc1ccc(/C=C/c2ccc(-c3c4ccccc4c(N(c4ccc(C5CCCCC5)cc4)c4ccc(C5CCCCC5)cc4)c4ccccc34)s2)c(C)c1. The predicted octanol–water partition coefficient (Wildman–Crippen LogP) is 19.9. The van der Waals surface area contributed by atoms with Crippen LogP contribution in [-0.4, -0.2) is 7.11 Å². The van der Waals surface area contributed by atoms with Gasteiger partial charge in [0, 0.05) is 37.5 Å². The lowest BCUT2D eigenvalue weighted by atomic mass is 9.84. The van der Waals surface area contributed by atoms with Crippen molar-refractivity contribution in [3.05, 3.63) is 155 Å². The molecule has 332 valence electrons. The summed E-state index contributed by atoms with van der Waals surface area (Å²) in [7, 11) is 1.72. The Kier molecular flexibility index (Phi) is 19.6. The minimum Gasteiger partial charge on any atom is -0.497 e. The van der Waals surface area contributed by atoms with E-state index in [1.807, 2.05) is 72.8 Å². The highest BCUT2D eigenvalue weighted by Crippen LogP contribution is 2.49. The first-order chi connectivity index (χ1) is 31.1. The zero-order chi connectivity index (χ0) is 45.1. The maximum Gasteiger partial charge on any atom is 0.119 e. The number of nitrogens with zero attached hydrogens (tertiary/aromatic N) is 1. The van der Waals surface area contributed by atoms with Crippen molar-refractivity contribution < 1.29 is 4.74 Å². The fourth-order valence-electron chi connectivity index (χ4n) is 9.39. The van der Waals surface area contributed by atoms with Crippen molar-refractivity contribution in [1.82, 2.24) is 0 Å². The molecule has 0 radical (unpaired) electrons. The number of methoxy groups -OCH3 is 1. The number of aryl methyl sites for hydroxylation is 1. The topological polar surface area (TPSA) is 12.5 Å². The highest BCUT2D eigenvalue weighted by atomic mass is 32.1. The number of hydrogen-bond donors (Lipinski definition) is 0. The van der Waals surface area contributed by atoms with E-state index in [0.717, 1.165) is 5.75 Å². The molecule has 2 aliphatic rings. The van der Waals surface area contributed by atoms with Gasteiger partial charge in [0.25, 0.3) is 0 Å². The third-order valence-corrected chi connectivity index (χ3v) is 13.4. The van der Waals surface area contributed by atoms with Gasteiger partial charge in [-0.2, -0.15) is 0 Å². The third kappa shape index (κ3) is 11.5. The number of thiophene rings is 1. The Morgan fingerprint density at radius 1 is 0.508 bits per heavy atom. The molecule has 0 atom stereocenters. The van der Waals surface area contributed by atoms with E-state index < -0.39 is 0 Å². The van der Waals surface area contributed by atoms with E-state index in [9.17, 15) is 0 Å². The van der Waals surface area contributed by atoms with Gasteiger partial charge >= 0.3 is 0 Å². The second kappa shape index (κ2) is 25.2. The summed E-state index contributed by atoms with van der Waals surface area (Å²) in [5.74, 6) is 2.25. The Bertz CT molecular complexity index is 2320. The molecular weight excluding hydrogens is 783 g/mol. The zero-order valence-electron chi connectivity index (χ0n) is 40.3. The second-order valence-corrected chi connectivity index (χ2v) is 16.9. The number of fused-ring (bicyclic) bond motifs is 2. The van der Waals surface area contributed by atoms with Crippen LogP contribution in [0.3, 0.4) is 0 Å². The lowest BCUT2D eigenvalue weighted by Crippen LogP contribution is -2.12. The van der Waals surface area contributed by atoms with Gasteiger partial charge in [0.15, 0.2) is 0 Å². The van der Waals surface area contributed by atoms with Gasteiger partial charge in [-0.3, -0.25) is 0 Å². The highest BCUT2D eigenvalue weighted by molar-refractivity contribution is 7.16. The van der Waals surface area contributed by atoms with E-state index in [1.54, 1.807) is 7.11 Å². The Morgan fingerprint density at radius 2 is 0.968 bits per heavy atom. The highest BCUT2D eigenvalue weighted by Gasteiger charge is 2.24. The molecule has 2 nitrogen and oxygen atoms in total. The summed E-state index contributed by atoms with van der Waals surface area (Å²) < 4.78 is 5.44. The first-order valence-electron chi connectivity index (χ1n) is 24.5.